The second-order valence-electron chi connectivity index (χ2n) is 7.66. The van der Waals surface area contributed by atoms with Crippen molar-refractivity contribution in [3.8, 4) is 0 Å². The second kappa shape index (κ2) is 10.1. The molecular formula is C23H15Cl6N3O2. The molecule has 176 valence electrons. The van der Waals surface area contributed by atoms with Crippen molar-refractivity contribution in [2.75, 3.05) is 5.32 Å². The number of rotatable bonds is 6. The normalized spacial score (nSPS) is 18.3. The number of nitrogens with one attached hydrogen (secondary N) is 2. The third-order valence-electron chi connectivity index (χ3n) is 5.36. The van der Waals surface area contributed by atoms with Crippen molar-refractivity contribution in [1.29, 1.82) is 0 Å². The van der Waals surface area contributed by atoms with E-state index in [1.54, 1.807) is 36.7 Å². The Kier molecular flexibility index (Phi) is 7.53. The quantitative estimate of drug-likeness (QED) is 0.241. The number of anilines is 1. The number of pyridine rings is 1. The SMILES string of the molecule is O=C(NCc1cccnc1)c1cc(NC(=O)[C@@H]2[C@@H](c3cc(Cl)c(Cl)c(Cl)c3)C2(Cl)Cl)ccc1Cl. The highest BCUT2D eigenvalue weighted by Gasteiger charge is 2.67. The van der Waals surface area contributed by atoms with Gasteiger partial charge in [-0.05, 0) is 47.5 Å². The fourth-order valence-electron chi connectivity index (χ4n) is 3.60. The first kappa shape index (κ1) is 25.4. The van der Waals surface area contributed by atoms with E-state index in [2.05, 4.69) is 15.6 Å². The standard InChI is InChI=1S/C23H15Cl6N3O2/c24-15-4-3-13(8-14(15)21(33)31-10-11-2-1-5-30-9-11)32-22(34)19-18(23(19,28)29)12-6-16(25)20(27)17(26)7-12/h1-9,18-19H,10H2,(H,31,33)(H,32,34)/t18-,19+/m1/s1. The fourth-order valence-corrected chi connectivity index (χ4v) is 5.24. The maximum Gasteiger partial charge on any atom is 0.253 e. The maximum absolute atomic E-state index is 13.0. The lowest BCUT2D eigenvalue weighted by Gasteiger charge is -2.10. The molecule has 2 N–H and O–H groups in total. The van der Waals surface area contributed by atoms with E-state index in [4.69, 9.17) is 69.6 Å². The molecule has 1 aliphatic carbocycles. The van der Waals surface area contributed by atoms with Gasteiger partial charge in [-0.25, -0.2) is 0 Å². The number of carbonyl (C=O) groups is 2. The molecule has 1 aliphatic rings. The van der Waals surface area contributed by atoms with Crippen LogP contribution in [0.5, 0.6) is 0 Å². The van der Waals surface area contributed by atoms with E-state index in [-0.39, 0.29) is 32.2 Å². The summed E-state index contributed by atoms with van der Waals surface area (Å²) in [5, 5.41) is 6.44. The van der Waals surface area contributed by atoms with Crippen LogP contribution in [0.15, 0.2) is 54.9 Å². The number of nitrogens with zero attached hydrogens (tertiary/aromatic N) is 1. The Bertz CT molecular complexity index is 1250. The summed E-state index contributed by atoms with van der Waals surface area (Å²) in [6, 6.07) is 11.4. The number of amides is 2. The van der Waals surface area contributed by atoms with Gasteiger partial charge in [0, 0.05) is 30.5 Å². The molecule has 2 aromatic carbocycles. The van der Waals surface area contributed by atoms with Gasteiger partial charge in [0.1, 0.15) is 4.33 Å². The summed E-state index contributed by atoms with van der Waals surface area (Å²) >= 11 is 37.3. The van der Waals surface area contributed by atoms with Crippen LogP contribution in [0.2, 0.25) is 20.1 Å². The summed E-state index contributed by atoms with van der Waals surface area (Å²) in [6.45, 7) is 0.274. The van der Waals surface area contributed by atoms with Crippen molar-refractivity contribution in [3.05, 3.63) is 91.6 Å². The highest BCUT2D eigenvalue weighted by molar-refractivity contribution is 6.54. The molecule has 34 heavy (non-hydrogen) atoms. The number of hydrogen-bond donors (Lipinski definition) is 2. The molecule has 4 rings (SSSR count). The van der Waals surface area contributed by atoms with E-state index < -0.39 is 28.0 Å². The predicted octanol–water partition coefficient (Wildman–Crippen LogP) is 7.15. The zero-order chi connectivity index (χ0) is 24.6. The Morgan fingerprint density at radius 2 is 1.68 bits per heavy atom. The predicted molar refractivity (Wildman–Crippen MR) is 138 cm³/mol. The Labute approximate surface area is 225 Å². The van der Waals surface area contributed by atoms with Gasteiger partial charge in [-0.15, -0.1) is 23.2 Å². The van der Waals surface area contributed by atoms with E-state index in [0.29, 0.717) is 11.3 Å². The highest BCUT2D eigenvalue weighted by atomic mass is 35.5. The van der Waals surface area contributed by atoms with E-state index in [1.807, 2.05) is 6.07 Å². The second-order valence-corrected chi connectivity index (χ2v) is 10.7. The molecule has 1 heterocycles. The van der Waals surface area contributed by atoms with Crippen molar-refractivity contribution in [1.82, 2.24) is 10.3 Å². The fraction of sp³-hybridized carbons (Fsp3) is 0.174. The van der Waals surface area contributed by atoms with Crippen molar-refractivity contribution < 1.29 is 9.59 Å². The van der Waals surface area contributed by atoms with E-state index >= 15 is 0 Å². The van der Waals surface area contributed by atoms with Crippen LogP contribution in [-0.4, -0.2) is 21.1 Å². The molecule has 3 aromatic rings. The highest BCUT2D eigenvalue weighted by Crippen LogP contribution is 2.65. The van der Waals surface area contributed by atoms with Crippen LogP contribution in [0.4, 0.5) is 5.69 Å². The molecular weight excluding hydrogens is 563 g/mol. The van der Waals surface area contributed by atoms with Gasteiger partial charge in [0.2, 0.25) is 5.91 Å². The topological polar surface area (TPSA) is 71.1 Å². The van der Waals surface area contributed by atoms with Gasteiger partial charge in [-0.2, -0.15) is 0 Å². The monoisotopic (exact) mass is 575 g/mol. The molecule has 1 aromatic heterocycles. The molecule has 0 bridgehead atoms. The average Bonchev–Trinajstić information content (AvgIpc) is 3.39. The van der Waals surface area contributed by atoms with Crippen LogP contribution in [-0.2, 0) is 11.3 Å². The van der Waals surface area contributed by atoms with Crippen LogP contribution < -0.4 is 10.6 Å². The van der Waals surface area contributed by atoms with Crippen LogP contribution >= 0.6 is 69.6 Å². The summed E-state index contributed by atoms with van der Waals surface area (Å²) in [7, 11) is 0. The van der Waals surface area contributed by atoms with Crippen LogP contribution in [0, 0.1) is 5.92 Å². The Morgan fingerprint density at radius 1 is 0.971 bits per heavy atom. The van der Waals surface area contributed by atoms with E-state index in [1.165, 1.54) is 12.1 Å². The third-order valence-corrected chi connectivity index (χ3v) is 7.82. The average molecular weight is 578 g/mol. The molecule has 2 amide bonds. The molecule has 0 saturated heterocycles. The van der Waals surface area contributed by atoms with E-state index in [0.717, 1.165) is 5.56 Å². The van der Waals surface area contributed by atoms with Gasteiger partial charge in [-0.3, -0.25) is 14.6 Å². The molecule has 0 unspecified atom stereocenters. The summed E-state index contributed by atoms with van der Waals surface area (Å²) in [5.41, 5.74) is 1.99. The molecule has 1 fully saturated rings. The minimum atomic E-state index is -1.36. The van der Waals surface area contributed by atoms with Crippen molar-refractivity contribution in [3.63, 3.8) is 0 Å². The maximum atomic E-state index is 13.0. The van der Waals surface area contributed by atoms with Gasteiger partial charge in [0.15, 0.2) is 0 Å². The smallest absolute Gasteiger partial charge is 0.253 e. The number of benzene rings is 2. The zero-order valence-electron chi connectivity index (χ0n) is 17.1. The molecule has 1 saturated carbocycles. The van der Waals surface area contributed by atoms with Gasteiger partial charge in [-0.1, -0.05) is 52.5 Å². The minimum Gasteiger partial charge on any atom is -0.348 e. The van der Waals surface area contributed by atoms with Crippen LogP contribution in [0.3, 0.4) is 0 Å². The van der Waals surface area contributed by atoms with Crippen molar-refractivity contribution in [2.24, 2.45) is 5.92 Å². The Hall–Kier alpha value is -1.73. The lowest BCUT2D eigenvalue weighted by molar-refractivity contribution is -0.117. The van der Waals surface area contributed by atoms with Crippen LogP contribution in [0.1, 0.15) is 27.4 Å². The minimum absolute atomic E-state index is 0.204. The summed E-state index contributed by atoms with van der Waals surface area (Å²) < 4.78 is -1.36. The Balaban J connectivity index is 1.47. The van der Waals surface area contributed by atoms with E-state index in [9.17, 15) is 9.59 Å². The molecule has 5 nitrogen and oxygen atoms in total. The van der Waals surface area contributed by atoms with Crippen LogP contribution in [0.25, 0.3) is 0 Å². The summed E-state index contributed by atoms with van der Waals surface area (Å²) in [4.78, 5) is 29.6. The van der Waals surface area contributed by atoms with Gasteiger partial charge in [0.05, 0.1) is 31.6 Å². The van der Waals surface area contributed by atoms with Gasteiger partial charge in [0.25, 0.3) is 5.91 Å². The van der Waals surface area contributed by atoms with Gasteiger partial charge < -0.3 is 10.6 Å². The first-order valence-electron chi connectivity index (χ1n) is 9.89. The summed E-state index contributed by atoms with van der Waals surface area (Å²) in [5.74, 6) is -2.15. The molecule has 2 atom stereocenters. The Morgan fingerprint density at radius 3 is 2.32 bits per heavy atom. The lowest BCUT2D eigenvalue weighted by Crippen LogP contribution is -2.23. The number of halogens is 6. The third kappa shape index (κ3) is 5.25. The molecule has 0 radical (unpaired) electrons. The van der Waals surface area contributed by atoms with Gasteiger partial charge >= 0.3 is 0 Å². The first-order valence-corrected chi connectivity index (χ1v) is 12.2. The van der Waals surface area contributed by atoms with Crippen molar-refractivity contribution in [2.45, 2.75) is 16.8 Å². The zero-order valence-corrected chi connectivity index (χ0v) is 21.6. The molecule has 0 spiro atoms. The van der Waals surface area contributed by atoms with Crippen molar-refractivity contribution >= 4 is 87.1 Å². The number of hydrogen-bond acceptors (Lipinski definition) is 3. The number of aromatic nitrogens is 1. The number of carbonyl (C=O) groups excluding carboxylic acids is 2. The first-order chi connectivity index (χ1) is 16.1. The lowest BCUT2D eigenvalue weighted by atomic mass is 10.1. The summed E-state index contributed by atoms with van der Waals surface area (Å²) in [6.07, 6.45) is 3.29. The number of alkyl halides is 2. The molecule has 0 aliphatic heterocycles. The molecule has 11 heteroatoms. The largest absolute Gasteiger partial charge is 0.348 e.